The van der Waals surface area contributed by atoms with Crippen LogP contribution in [0.4, 0.5) is 0 Å². The van der Waals surface area contributed by atoms with Gasteiger partial charge in [-0.25, -0.2) is 0 Å². The van der Waals surface area contributed by atoms with Gasteiger partial charge in [0.15, 0.2) is 0 Å². The van der Waals surface area contributed by atoms with E-state index in [0.717, 1.165) is 19.4 Å². The molecule has 2 atom stereocenters. The molecule has 0 aromatic carbocycles. The smallest absolute Gasteiger partial charge is 0.244 e. The summed E-state index contributed by atoms with van der Waals surface area (Å²) in [4.78, 5) is 18.1. The van der Waals surface area contributed by atoms with Gasteiger partial charge in [0, 0.05) is 17.5 Å². The van der Waals surface area contributed by atoms with Gasteiger partial charge in [-0.05, 0) is 45.3 Å². The molecule has 1 saturated carbocycles. The third-order valence-electron chi connectivity index (χ3n) is 4.00. The van der Waals surface area contributed by atoms with Crippen molar-refractivity contribution in [3.8, 4) is 0 Å². The Morgan fingerprint density at radius 2 is 2.32 bits per heavy atom. The predicted molar refractivity (Wildman–Crippen MR) is 77.0 cm³/mol. The molecule has 19 heavy (non-hydrogen) atoms. The lowest BCUT2D eigenvalue weighted by Gasteiger charge is -2.31. The Morgan fingerprint density at radius 1 is 1.58 bits per heavy atom. The van der Waals surface area contributed by atoms with E-state index in [2.05, 4.69) is 53.6 Å². The first-order valence-electron chi connectivity index (χ1n) is 6.82. The van der Waals surface area contributed by atoms with Crippen LogP contribution in [-0.4, -0.2) is 47.9 Å². The van der Waals surface area contributed by atoms with E-state index in [9.17, 15) is 4.79 Å². The summed E-state index contributed by atoms with van der Waals surface area (Å²) >= 11 is 1.72. The molecule has 2 aliphatic rings. The highest BCUT2D eigenvalue weighted by molar-refractivity contribution is 7.10. The molecule has 1 aliphatic heterocycles. The number of carbonyl (C=O) groups excluding carboxylic acids is 1. The lowest BCUT2D eigenvalue weighted by atomic mass is 10.2. The summed E-state index contributed by atoms with van der Waals surface area (Å²) in [5.41, 5.74) is -0.241. The van der Waals surface area contributed by atoms with Crippen LogP contribution in [0.15, 0.2) is 17.5 Å². The minimum absolute atomic E-state index is 0.0601. The molecule has 1 aliphatic carbocycles. The average Bonchev–Trinajstić information content (AvgIpc) is 2.82. The highest BCUT2D eigenvalue weighted by Gasteiger charge is 2.60. The fourth-order valence-corrected chi connectivity index (χ4v) is 3.74. The number of rotatable bonds is 4. The van der Waals surface area contributed by atoms with E-state index in [4.69, 9.17) is 0 Å². The maximum Gasteiger partial charge on any atom is 0.244 e. The predicted octanol–water partition coefficient (Wildman–Crippen LogP) is 1.66. The quantitative estimate of drug-likeness (QED) is 0.910. The number of nitrogens with one attached hydrogen (secondary N) is 1. The number of hydrogen-bond donors (Lipinski definition) is 1. The van der Waals surface area contributed by atoms with Gasteiger partial charge in [-0.3, -0.25) is 10.1 Å². The van der Waals surface area contributed by atoms with Crippen molar-refractivity contribution in [2.45, 2.75) is 37.5 Å². The Kier molecular flexibility index (Phi) is 3.15. The molecule has 2 heterocycles. The van der Waals surface area contributed by atoms with Gasteiger partial charge in [-0.15, -0.1) is 11.3 Å². The third kappa shape index (κ3) is 2.20. The first kappa shape index (κ1) is 13.1. The molecule has 1 N–H and O–H groups in total. The van der Waals surface area contributed by atoms with Gasteiger partial charge in [0.05, 0.1) is 0 Å². The van der Waals surface area contributed by atoms with Crippen molar-refractivity contribution in [1.82, 2.24) is 15.1 Å². The molecule has 0 bridgehead atoms. The van der Waals surface area contributed by atoms with E-state index in [1.165, 1.54) is 4.88 Å². The zero-order chi connectivity index (χ0) is 13.6. The summed E-state index contributed by atoms with van der Waals surface area (Å²) in [7, 11) is 4.11. The van der Waals surface area contributed by atoms with E-state index >= 15 is 0 Å². The van der Waals surface area contributed by atoms with Crippen LogP contribution in [-0.2, 0) is 4.79 Å². The monoisotopic (exact) mass is 279 g/mol. The summed E-state index contributed by atoms with van der Waals surface area (Å²) < 4.78 is 0. The topological polar surface area (TPSA) is 35.6 Å². The van der Waals surface area contributed by atoms with E-state index in [1.54, 1.807) is 11.3 Å². The Morgan fingerprint density at radius 3 is 2.84 bits per heavy atom. The zero-order valence-corrected chi connectivity index (χ0v) is 12.5. The highest BCUT2D eigenvalue weighted by Crippen LogP contribution is 2.47. The molecule has 1 saturated heterocycles. The van der Waals surface area contributed by atoms with E-state index in [-0.39, 0.29) is 17.7 Å². The lowest BCUT2D eigenvalue weighted by molar-refractivity contribution is -0.133. The summed E-state index contributed by atoms with van der Waals surface area (Å²) in [6, 6.07) is 4.40. The molecule has 4 nitrogen and oxygen atoms in total. The maximum absolute atomic E-state index is 12.7. The second-order valence-corrected chi connectivity index (χ2v) is 6.95. The Balaban J connectivity index is 1.87. The fourth-order valence-electron chi connectivity index (χ4n) is 2.97. The molecule has 1 aromatic rings. The highest BCUT2D eigenvalue weighted by atomic mass is 32.1. The van der Waals surface area contributed by atoms with Crippen molar-refractivity contribution in [1.29, 1.82) is 0 Å². The summed E-state index contributed by atoms with van der Waals surface area (Å²) in [5, 5.41) is 5.64. The Bertz CT molecular complexity index is 467. The molecule has 5 heteroatoms. The van der Waals surface area contributed by atoms with Crippen LogP contribution in [0.25, 0.3) is 0 Å². The standard InChI is InChI=1S/C14H21N3OS/c1-10(9-16(2)3)17-12(11-5-4-8-19-11)15-14(6-7-14)13(17)18/h4-5,8,10,12,15H,6-7,9H2,1-3H3. The Labute approximate surface area is 118 Å². The lowest BCUT2D eigenvalue weighted by Crippen LogP contribution is -2.43. The first-order chi connectivity index (χ1) is 9.03. The molecule has 2 unspecified atom stereocenters. The number of amides is 1. The minimum Gasteiger partial charge on any atom is -0.316 e. The van der Waals surface area contributed by atoms with Crippen LogP contribution in [0.3, 0.4) is 0 Å². The number of carbonyl (C=O) groups is 1. The summed E-state index contributed by atoms with van der Waals surface area (Å²) in [6.45, 7) is 3.03. The van der Waals surface area contributed by atoms with Crippen LogP contribution < -0.4 is 5.32 Å². The number of hydrogen-bond acceptors (Lipinski definition) is 4. The normalized spacial score (nSPS) is 26.4. The van der Waals surface area contributed by atoms with Crippen molar-refractivity contribution >= 4 is 17.2 Å². The molecule has 1 amide bonds. The molecule has 1 aromatic heterocycles. The Hall–Kier alpha value is -0.910. The maximum atomic E-state index is 12.7. The van der Waals surface area contributed by atoms with Crippen LogP contribution in [0, 0.1) is 0 Å². The van der Waals surface area contributed by atoms with Crippen LogP contribution in [0.2, 0.25) is 0 Å². The average molecular weight is 279 g/mol. The third-order valence-corrected chi connectivity index (χ3v) is 4.93. The van der Waals surface area contributed by atoms with Gasteiger partial charge in [0.2, 0.25) is 5.91 Å². The summed E-state index contributed by atoms with van der Waals surface area (Å²) in [6.07, 6.45) is 2.03. The molecule has 0 radical (unpaired) electrons. The number of thiophene rings is 1. The van der Waals surface area contributed by atoms with Gasteiger partial charge in [0.1, 0.15) is 11.7 Å². The second kappa shape index (κ2) is 4.58. The van der Waals surface area contributed by atoms with Crippen LogP contribution in [0.5, 0.6) is 0 Å². The van der Waals surface area contributed by atoms with E-state index in [0.29, 0.717) is 5.91 Å². The molecule has 104 valence electrons. The molecular formula is C14H21N3OS. The number of likely N-dealkylation sites (N-methyl/N-ethyl adjacent to an activating group) is 1. The van der Waals surface area contributed by atoms with Crippen molar-refractivity contribution in [2.75, 3.05) is 20.6 Å². The van der Waals surface area contributed by atoms with Gasteiger partial charge in [-0.1, -0.05) is 6.07 Å². The first-order valence-corrected chi connectivity index (χ1v) is 7.70. The minimum atomic E-state index is -0.241. The van der Waals surface area contributed by atoms with Gasteiger partial charge in [0.25, 0.3) is 0 Å². The van der Waals surface area contributed by atoms with Gasteiger partial charge >= 0.3 is 0 Å². The molecule has 3 rings (SSSR count). The SMILES string of the molecule is CC(CN(C)C)N1C(=O)C2(CC2)NC1c1cccs1. The van der Waals surface area contributed by atoms with Gasteiger partial charge < -0.3 is 9.80 Å². The molecular weight excluding hydrogens is 258 g/mol. The van der Waals surface area contributed by atoms with E-state index < -0.39 is 0 Å². The van der Waals surface area contributed by atoms with E-state index in [1.807, 2.05) is 0 Å². The van der Waals surface area contributed by atoms with Crippen molar-refractivity contribution in [2.24, 2.45) is 0 Å². The van der Waals surface area contributed by atoms with Crippen molar-refractivity contribution in [3.63, 3.8) is 0 Å². The molecule has 2 fully saturated rings. The molecule has 1 spiro atoms. The van der Waals surface area contributed by atoms with Crippen molar-refractivity contribution < 1.29 is 4.79 Å². The zero-order valence-electron chi connectivity index (χ0n) is 11.7. The van der Waals surface area contributed by atoms with Crippen molar-refractivity contribution in [3.05, 3.63) is 22.4 Å². The number of nitrogens with zero attached hydrogens (tertiary/aromatic N) is 2. The van der Waals surface area contributed by atoms with Crippen LogP contribution in [0.1, 0.15) is 30.8 Å². The van der Waals surface area contributed by atoms with Crippen LogP contribution >= 0.6 is 11.3 Å². The summed E-state index contributed by atoms with van der Waals surface area (Å²) in [5.74, 6) is 0.292. The van der Waals surface area contributed by atoms with Gasteiger partial charge in [-0.2, -0.15) is 0 Å². The fraction of sp³-hybridized carbons (Fsp3) is 0.643. The second-order valence-electron chi connectivity index (χ2n) is 5.97. The largest absolute Gasteiger partial charge is 0.316 e.